The molecule has 0 fully saturated rings. The summed E-state index contributed by atoms with van der Waals surface area (Å²) >= 11 is 5.43. The van der Waals surface area contributed by atoms with E-state index in [1.165, 1.54) is 6.07 Å². The standard InChI is InChI=1S/C13H17ClFNO/c1-13(2,16-12(17)9-14)8-7-10-5-3-4-6-11(10)15/h3-6H,7-9H2,1-2H3,(H,16,17). The molecular weight excluding hydrogens is 241 g/mol. The number of amides is 1. The van der Waals surface area contributed by atoms with E-state index in [0.29, 0.717) is 18.4 Å². The van der Waals surface area contributed by atoms with Crippen LogP contribution in [0.2, 0.25) is 0 Å². The SMILES string of the molecule is CC(C)(CCc1ccccc1F)NC(=O)CCl. The fourth-order valence-electron chi connectivity index (χ4n) is 1.62. The van der Waals surface area contributed by atoms with Gasteiger partial charge in [-0.15, -0.1) is 11.6 Å². The van der Waals surface area contributed by atoms with Crippen LogP contribution in [-0.2, 0) is 11.2 Å². The van der Waals surface area contributed by atoms with Crippen molar-refractivity contribution in [3.63, 3.8) is 0 Å². The number of rotatable bonds is 5. The van der Waals surface area contributed by atoms with E-state index in [0.717, 1.165) is 0 Å². The smallest absolute Gasteiger partial charge is 0.235 e. The van der Waals surface area contributed by atoms with Crippen LogP contribution in [0.1, 0.15) is 25.8 Å². The summed E-state index contributed by atoms with van der Waals surface area (Å²) in [6.07, 6.45) is 1.25. The van der Waals surface area contributed by atoms with E-state index in [1.54, 1.807) is 12.1 Å². The molecule has 94 valence electrons. The van der Waals surface area contributed by atoms with Gasteiger partial charge in [0.05, 0.1) is 0 Å². The van der Waals surface area contributed by atoms with Crippen molar-refractivity contribution in [3.8, 4) is 0 Å². The second-order valence-corrected chi connectivity index (χ2v) is 4.92. The highest BCUT2D eigenvalue weighted by Gasteiger charge is 2.20. The highest BCUT2D eigenvalue weighted by atomic mass is 35.5. The van der Waals surface area contributed by atoms with Crippen molar-refractivity contribution >= 4 is 17.5 Å². The molecule has 0 spiro atoms. The van der Waals surface area contributed by atoms with E-state index in [2.05, 4.69) is 5.32 Å². The number of hydrogen-bond donors (Lipinski definition) is 1. The maximum absolute atomic E-state index is 13.4. The largest absolute Gasteiger partial charge is 0.350 e. The highest BCUT2D eigenvalue weighted by Crippen LogP contribution is 2.15. The number of nitrogens with one attached hydrogen (secondary N) is 1. The van der Waals surface area contributed by atoms with Crippen molar-refractivity contribution in [2.75, 3.05) is 5.88 Å². The normalized spacial score (nSPS) is 11.3. The van der Waals surface area contributed by atoms with Gasteiger partial charge in [0.2, 0.25) is 5.91 Å². The third-order valence-electron chi connectivity index (χ3n) is 2.58. The van der Waals surface area contributed by atoms with Crippen molar-refractivity contribution in [1.82, 2.24) is 5.32 Å². The van der Waals surface area contributed by atoms with E-state index in [4.69, 9.17) is 11.6 Å². The van der Waals surface area contributed by atoms with E-state index in [9.17, 15) is 9.18 Å². The molecule has 2 nitrogen and oxygen atoms in total. The van der Waals surface area contributed by atoms with E-state index in [1.807, 2.05) is 19.9 Å². The van der Waals surface area contributed by atoms with Gasteiger partial charge < -0.3 is 5.32 Å². The van der Waals surface area contributed by atoms with Crippen LogP contribution in [0.15, 0.2) is 24.3 Å². The van der Waals surface area contributed by atoms with Crippen molar-refractivity contribution in [3.05, 3.63) is 35.6 Å². The molecule has 0 aliphatic heterocycles. The van der Waals surface area contributed by atoms with Crippen LogP contribution < -0.4 is 5.32 Å². The lowest BCUT2D eigenvalue weighted by molar-refractivity contribution is -0.120. The van der Waals surface area contributed by atoms with Gasteiger partial charge in [0.25, 0.3) is 0 Å². The zero-order chi connectivity index (χ0) is 12.9. The summed E-state index contributed by atoms with van der Waals surface area (Å²) in [5.41, 5.74) is 0.287. The number of carbonyl (C=O) groups excluding carboxylic acids is 1. The predicted octanol–water partition coefficient (Wildman–Crippen LogP) is 2.89. The number of benzene rings is 1. The van der Waals surface area contributed by atoms with Gasteiger partial charge in [0.1, 0.15) is 11.7 Å². The minimum atomic E-state index is -0.381. The fourth-order valence-corrected chi connectivity index (χ4v) is 1.69. The lowest BCUT2D eigenvalue weighted by atomic mass is 9.95. The van der Waals surface area contributed by atoms with Gasteiger partial charge in [-0.1, -0.05) is 18.2 Å². The molecule has 0 heterocycles. The van der Waals surface area contributed by atoms with Gasteiger partial charge in [0.15, 0.2) is 0 Å². The molecule has 17 heavy (non-hydrogen) atoms. The fraction of sp³-hybridized carbons (Fsp3) is 0.462. The van der Waals surface area contributed by atoms with E-state index < -0.39 is 0 Å². The first-order valence-electron chi connectivity index (χ1n) is 5.55. The van der Waals surface area contributed by atoms with E-state index >= 15 is 0 Å². The number of hydrogen-bond acceptors (Lipinski definition) is 1. The van der Waals surface area contributed by atoms with Crippen LogP contribution in [0.25, 0.3) is 0 Å². The van der Waals surface area contributed by atoms with Gasteiger partial charge in [-0.2, -0.15) is 0 Å². The lowest BCUT2D eigenvalue weighted by Gasteiger charge is -2.26. The molecule has 0 aliphatic carbocycles. The van der Waals surface area contributed by atoms with Gasteiger partial charge >= 0.3 is 0 Å². The van der Waals surface area contributed by atoms with Crippen LogP contribution in [0, 0.1) is 5.82 Å². The van der Waals surface area contributed by atoms with Crippen molar-refractivity contribution in [1.29, 1.82) is 0 Å². The Morgan fingerprint density at radius 3 is 2.65 bits per heavy atom. The summed E-state index contributed by atoms with van der Waals surface area (Å²) in [5, 5.41) is 2.80. The maximum Gasteiger partial charge on any atom is 0.235 e. The van der Waals surface area contributed by atoms with Crippen LogP contribution in [0.3, 0.4) is 0 Å². The Bertz CT molecular complexity index is 393. The summed E-state index contributed by atoms with van der Waals surface area (Å²) in [7, 11) is 0. The molecule has 0 aromatic heterocycles. The van der Waals surface area contributed by atoms with Gasteiger partial charge in [-0.05, 0) is 38.3 Å². The quantitative estimate of drug-likeness (QED) is 0.808. The molecule has 0 saturated carbocycles. The molecular formula is C13H17ClFNO. The van der Waals surface area contributed by atoms with Gasteiger partial charge in [-0.3, -0.25) is 4.79 Å². The Kier molecular flexibility index (Phi) is 4.94. The molecule has 0 aliphatic rings. The summed E-state index contributed by atoms with van der Waals surface area (Å²) in [4.78, 5) is 11.2. The zero-order valence-corrected chi connectivity index (χ0v) is 10.9. The molecule has 1 amide bonds. The number of aryl methyl sites for hydroxylation is 1. The monoisotopic (exact) mass is 257 g/mol. The predicted molar refractivity (Wildman–Crippen MR) is 67.7 cm³/mol. The average molecular weight is 258 g/mol. The van der Waals surface area contributed by atoms with Crippen LogP contribution in [0.5, 0.6) is 0 Å². The Labute approximate surface area is 106 Å². The van der Waals surface area contributed by atoms with Crippen LogP contribution in [0.4, 0.5) is 4.39 Å². The molecule has 1 N–H and O–H groups in total. The second-order valence-electron chi connectivity index (χ2n) is 4.66. The summed E-state index contributed by atoms with van der Waals surface area (Å²) in [5.74, 6) is -0.458. The topological polar surface area (TPSA) is 29.1 Å². The first-order valence-corrected chi connectivity index (χ1v) is 6.08. The Balaban J connectivity index is 2.55. The Morgan fingerprint density at radius 2 is 2.06 bits per heavy atom. The highest BCUT2D eigenvalue weighted by molar-refractivity contribution is 6.27. The molecule has 0 saturated heterocycles. The molecule has 1 aromatic rings. The zero-order valence-electron chi connectivity index (χ0n) is 10.1. The molecule has 0 unspecified atom stereocenters. The van der Waals surface area contributed by atoms with Crippen LogP contribution in [-0.4, -0.2) is 17.3 Å². The summed E-state index contributed by atoms with van der Waals surface area (Å²) in [6.45, 7) is 3.80. The number of alkyl halides is 1. The first kappa shape index (κ1) is 14.0. The van der Waals surface area contributed by atoms with Crippen LogP contribution >= 0.6 is 11.6 Å². The molecule has 0 radical (unpaired) electrons. The third kappa shape index (κ3) is 4.73. The minimum Gasteiger partial charge on any atom is -0.350 e. The van der Waals surface area contributed by atoms with Crippen molar-refractivity contribution in [2.45, 2.75) is 32.2 Å². The maximum atomic E-state index is 13.4. The van der Waals surface area contributed by atoms with Crippen molar-refractivity contribution < 1.29 is 9.18 Å². The van der Waals surface area contributed by atoms with Gasteiger partial charge in [0, 0.05) is 5.54 Å². The number of halogens is 2. The molecule has 1 rings (SSSR count). The third-order valence-corrected chi connectivity index (χ3v) is 2.82. The second kappa shape index (κ2) is 6.01. The molecule has 4 heteroatoms. The summed E-state index contributed by atoms with van der Waals surface area (Å²) in [6, 6.07) is 6.68. The minimum absolute atomic E-state index is 0.0525. The van der Waals surface area contributed by atoms with Gasteiger partial charge in [-0.25, -0.2) is 4.39 Å². The first-order chi connectivity index (χ1) is 7.94. The molecule has 1 aromatic carbocycles. The lowest BCUT2D eigenvalue weighted by Crippen LogP contribution is -2.44. The molecule has 0 bridgehead atoms. The van der Waals surface area contributed by atoms with Crippen molar-refractivity contribution in [2.24, 2.45) is 0 Å². The average Bonchev–Trinajstić information content (AvgIpc) is 2.27. The van der Waals surface area contributed by atoms with E-state index in [-0.39, 0.29) is 23.1 Å². The Morgan fingerprint density at radius 1 is 1.41 bits per heavy atom. The Hall–Kier alpha value is -1.09. The number of carbonyl (C=O) groups is 1. The molecule has 0 atom stereocenters. The summed E-state index contributed by atoms with van der Waals surface area (Å²) < 4.78 is 13.4.